The molecule has 15 atom stereocenters. The average molecular weight is 489 g/mol. The molecule has 8 heteroatoms. The molecule has 3 rings (SSSR count). The highest BCUT2D eigenvalue weighted by molar-refractivity contribution is 4.92. The van der Waals surface area contributed by atoms with Crippen LogP contribution in [0.15, 0.2) is 0 Å². The van der Waals surface area contributed by atoms with Crippen LogP contribution in [-0.4, -0.2) is 84.3 Å². The first-order chi connectivity index (χ1) is 16.0. The zero-order valence-corrected chi connectivity index (χ0v) is 22.2. The number of aliphatic hydroxyl groups excluding tert-OH is 3. The Morgan fingerprint density at radius 2 is 0.882 bits per heavy atom. The van der Waals surface area contributed by atoms with Crippen LogP contribution < -0.4 is 0 Å². The Hall–Kier alpha value is -0.320. The van der Waals surface area contributed by atoms with Gasteiger partial charge in [-0.3, -0.25) is 0 Å². The predicted molar refractivity (Wildman–Crippen MR) is 127 cm³/mol. The molecular weight excluding hydrogens is 440 g/mol. The second-order valence-electron chi connectivity index (χ2n) is 11.2. The van der Waals surface area contributed by atoms with Gasteiger partial charge in [0.25, 0.3) is 0 Å². The Kier molecular flexibility index (Phi) is 9.82. The molecule has 0 aromatic heterocycles. The van der Waals surface area contributed by atoms with Crippen molar-refractivity contribution in [1.82, 2.24) is 0 Å². The first-order valence-corrected chi connectivity index (χ1v) is 13.1. The molecule has 3 aliphatic heterocycles. The summed E-state index contributed by atoms with van der Waals surface area (Å²) in [5.41, 5.74) is 0. The van der Waals surface area contributed by atoms with E-state index in [1.54, 1.807) is 0 Å². The van der Waals surface area contributed by atoms with Gasteiger partial charge in [0.15, 0.2) is 12.6 Å². The van der Waals surface area contributed by atoms with Crippen LogP contribution in [0.2, 0.25) is 0 Å². The second-order valence-corrected chi connectivity index (χ2v) is 11.2. The van der Waals surface area contributed by atoms with Gasteiger partial charge in [-0.25, -0.2) is 0 Å². The molecule has 3 heterocycles. The molecule has 6 unspecified atom stereocenters. The minimum Gasteiger partial charge on any atom is -0.394 e. The summed E-state index contributed by atoms with van der Waals surface area (Å²) in [5, 5.41) is 29.9. The summed E-state index contributed by atoms with van der Waals surface area (Å²) < 4.78 is 31.4. The minimum absolute atomic E-state index is 0.0159. The third-order valence-electron chi connectivity index (χ3n) is 9.40. The fourth-order valence-corrected chi connectivity index (χ4v) is 5.84. The summed E-state index contributed by atoms with van der Waals surface area (Å²) in [6.07, 6.45) is -2.92. The normalized spacial score (nSPS) is 52.5. The lowest BCUT2D eigenvalue weighted by atomic mass is 9.78. The maximum Gasteiger partial charge on any atom is 0.161 e. The van der Waals surface area contributed by atoms with Crippen LogP contribution >= 0.6 is 0 Å². The highest BCUT2D eigenvalue weighted by Crippen LogP contribution is 2.41. The van der Waals surface area contributed by atoms with Gasteiger partial charge in [0.2, 0.25) is 0 Å². The van der Waals surface area contributed by atoms with E-state index in [9.17, 15) is 15.3 Å². The van der Waals surface area contributed by atoms with Gasteiger partial charge in [0.05, 0.1) is 44.2 Å². The average Bonchev–Trinajstić information content (AvgIpc) is 2.83. The molecule has 3 aliphatic rings. The Morgan fingerprint density at radius 1 is 0.471 bits per heavy atom. The van der Waals surface area contributed by atoms with Gasteiger partial charge in [-0.15, -0.1) is 0 Å². The quantitative estimate of drug-likeness (QED) is 0.502. The number of ether oxygens (including phenoxy) is 5. The van der Waals surface area contributed by atoms with Crippen molar-refractivity contribution in [3.8, 4) is 0 Å². The molecule has 0 aliphatic carbocycles. The van der Waals surface area contributed by atoms with Gasteiger partial charge in [-0.1, -0.05) is 48.5 Å². The molecule has 0 radical (unpaired) electrons. The van der Waals surface area contributed by atoms with Crippen molar-refractivity contribution in [2.75, 3.05) is 19.8 Å². The molecule has 0 bridgehead atoms. The number of hydrogen-bond donors (Lipinski definition) is 3. The van der Waals surface area contributed by atoms with Crippen molar-refractivity contribution < 1.29 is 39.0 Å². The third-order valence-corrected chi connectivity index (χ3v) is 9.40. The van der Waals surface area contributed by atoms with Crippen LogP contribution in [0, 0.1) is 41.4 Å². The summed E-state index contributed by atoms with van der Waals surface area (Å²) in [4.78, 5) is 0. The highest BCUT2D eigenvalue weighted by atomic mass is 16.7. The minimum atomic E-state index is -0.571. The fourth-order valence-electron chi connectivity index (χ4n) is 5.84. The SMILES string of the molecule is CC1[C@@H](O[C@@H]2C(CO)O[C@H](O[C@@H]3C(CO)O[C@H](C)C(C)[C@H]3C)C(C)[C@H]2C)OC(CO)[C@@H](C)[C@@H]1C. The monoisotopic (exact) mass is 488 g/mol. The zero-order chi connectivity index (χ0) is 25.3. The molecule has 34 heavy (non-hydrogen) atoms. The maximum absolute atomic E-state index is 10.2. The van der Waals surface area contributed by atoms with Crippen LogP contribution in [0.25, 0.3) is 0 Å². The van der Waals surface area contributed by atoms with E-state index in [-0.39, 0.29) is 79.7 Å². The molecule has 200 valence electrons. The topological polar surface area (TPSA) is 107 Å². The smallest absolute Gasteiger partial charge is 0.161 e. The van der Waals surface area contributed by atoms with Gasteiger partial charge in [-0.2, -0.15) is 0 Å². The largest absolute Gasteiger partial charge is 0.394 e. The fraction of sp³-hybridized carbons (Fsp3) is 1.00. The molecule has 3 fully saturated rings. The number of aliphatic hydroxyl groups is 3. The molecule has 0 amide bonds. The molecular formula is C26H48O8. The first-order valence-electron chi connectivity index (χ1n) is 13.1. The van der Waals surface area contributed by atoms with Crippen molar-refractivity contribution in [2.45, 2.75) is 105 Å². The zero-order valence-electron chi connectivity index (χ0n) is 22.2. The van der Waals surface area contributed by atoms with E-state index in [1.165, 1.54) is 0 Å². The Balaban J connectivity index is 1.72. The van der Waals surface area contributed by atoms with Gasteiger partial charge in [-0.05, 0) is 36.5 Å². The van der Waals surface area contributed by atoms with Gasteiger partial charge < -0.3 is 39.0 Å². The van der Waals surface area contributed by atoms with Crippen molar-refractivity contribution in [3.63, 3.8) is 0 Å². The van der Waals surface area contributed by atoms with Crippen LogP contribution in [0.5, 0.6) is 0 Å². The molecule has 0 spiro atoms. The standard InChI is InChI=1S/C26H48O8/c1-12-14(3)20(9-27)31-25(17(12)6)34-24-16(5)18(7)26(32-22(24)11-29)33-23-15(4)13(2)19(8)30-21(23)10-28/h12-29H,9-11H2,1-8H3/t12-,13?,14-,15+,16+,17?,18?,19+,20?,21?,22?,23-,24-,25+,26+/m0/s1. The van der Waals surface area contributed by atoms with Crippen LogP contribution in [0.3, 0.4) is 0 Å². The van der Waals surface area contributed by atoms with Crippen LogP contribution in [0.1, 0.15) is 55.4 Å². The van der Waals surface area contributed by atoms with E-state index in [4.69, 9.17) is 23.7 Å². The molecule has 0 aromatic carbocycles. The molecule has 0 aromatic rings. The van der Waals surface area contributed by atoms with E-state index < -0.39 is 24.8 Å². The van der Waals surface area contributed by atoms with E-state index in [0.29, 0.717) is 5.92 Å². The number of hydrogen-bond acceptors (Lipinski definition) is 8. The van der Waals surface area contributed by atoms with Gasteiger partial charge in [0, 0.05) is 11.8 Å². The van der Waals surface area contributed by atoms with E-state index in [0.717, 1.165) is 0 Å². The van der Waals surface area contributed by atoms with Crippen molar-refractivity contribution in [1.29, 1.82) is 0 Å². The Labute approximate surface area is 205 Å². The van der Waals surface area contributed by atoms with Crippen LogP contribution in [0.4, 0.5) is 0 Å². The summed E-state index contributed by atoms with van der Waals surface area (Å²) in [5.74, 6) is 1.17. The summed E-state index contributed by atoms with van der Waals surface area (Å²) in [7, 11) is 0. The van der Waals surface area contributed by atoms with Crippen LogP contribution in [-0.2, 0) is 23.7 Å². The Morgan fingerprint density at radius 3 is 1.38 bits per heavy atom. The summed E-state index contributed by atoms with van der Waals surface area (Å²) >= 11 is 0. The van der Waals surface area contributed by atoms with Crippen molar-refractivity contribution >= 4 is 0 Å². The second kappa shape index (κ2) is 11.8. The van der Waals surface area contributed by atoms with E-state index in [1.807, 2.05) is 6.92 Å². The maximum atomic E-state index is 10.2. The molecule has 3 N–H and O–H groups in total. The molecule has 0 saturated carbocycles. The third kappa shape index (κ3) is 5.49. The lowest BCUT2D eigenvalue weighted by Gasteiger charge is -2.50. The Bertz CT molecular complexity index is 628. The summed E-state index contributed by atoms with van der Waals surface area (Å²) in [6.45, 7) is 16.5. The van der Waals surface area contributed by atoms with Crippen molar-refractivity contribution in [3.05, 3.63) is 0 Å². The van der Waals surface area contributed by atoms with E-state index >= 15 is 0 Å². The lowest BCUT2D eigenvalue weighted by molar-refractivity contribution is -0.343. The lowest BCUT2D eigenvalue weighted by Crippen LogP contribution is -2.58. The van der Waals surface area contributed by atoms with Crippen molar-refractivity contribution in [2.24, 2.45) is 41.4 Å². The molecule has 3 saturated heterocycles. The van der Waals surface area contributed by atoms with Gasteiger partial charge in [0.1, 0.15) is 12.2 Å². The highest BCUT2D eigenvalue weighted by Gasteiger charge is 2.49. The molecule has 8 nitrogen and oxygen atoms in total. The van der Waals surface area contributed by atoms with E-state index in [2.05, 4.69) is 48.5 Å². The van der Waals surface area contributed by atoms with Gasteiger partial charge >= 0.3 is 0 Å². The first kappa shape index (κ1) is 28.3. The predicted octanol–water partition coefficient (Wildman–Crippen LogP) is 2.42. The summed E-state index contributed by atoms with van der Waals surface area (Å²) in [6, 6.07) is 0. The number of rotatable bonds is 7.